The number of H-pyrrole nitrogens is 1. The van der Waals surface area contributed by atoms with Crippen molar-refractivity contribution in [3.8, 4) is 0 Å². The fourth-order valence-electron chi connectivity index (χ4n) is 1.87. The summed E-state index contributed by atoms with van der Waals surface area (Å²) < 4.78 is 1.97. The van der Waals surface area contributed by atoms with Crippen molar-refractivity contribution < 1.29 is 4.79 Å². The summed E-state index contributed by atoms with van der Waals surface area (Å²) in [5, 5.41) is 4.83. The monoisotopic (exact) mass is 275 g/mol. The number of imidazole rings is 2. The molecule has 2 N–H and O–H groups in total. The van der Waals surface area contributed by atoms with Crippen LogP contribution < -0.4 is 5.32 Å². The number of carbonyl (C=O) groups is 1. The number of aromatic amines is 1. The fraction of sp³-hybridized carbons (Fsp3) is 0.250. The normalized spacial score (nSPS) is 11.0. The number of nitrogens with one attached hydrogen (secondary N) is 2. The Kier molecular flexibility index (Phi) is 3.04. The lowest BCUT2D eigenvalue weighted by molar-refractivity contribution is -0.120. The Morgan fingerprint density at radius 3 is 3.26 bits per heavy atom. The molecule has 0 aliphatic rings. The minimum atomic E-state index is -0.0133. The molecule has 98 valence electrons. The summed E-state index contributed by atoms with van der Waals surface area (Å²) in [6.07, 6.45) is 5.59. The molecule has 0 aliphatic heterocycles. The number of aromatic nitrogens is 4. The van der Waals surface area contributed by atoms with Crippen LogP contribution in [0, 0.1) is 6.92 Å². The fourth-order valence-corrected chi connectivity index (χ4v) is 2.79. The predicted molar refractivity (Wildman–Crippen MR) is 71.9 cm³/mol. The van der Waals surface area contributed by atoms with Gasteiger partial charge in [-0.05, 0) is 6.92 Å². The first-order chi connectivity index (χ1) is 9.22. The Hall–Kier alpha value is -2.15. The van der Waals surface area contributed by atoms with Gasteiger partial charge in [0.2, 0.25) is 5.91 Å². The Balaban J connectivity index is 1.65. The highest BCUT2D eigenvalue weighted by atomic mass is 32.1. The molecule has 0 spiro atoms. The molecule has 0 unspecified atom stereocenters. The van der Waals surface area contributed by atoms with E-state index in [9.17, 15) is 4.79 Å². The van der Waals surface area contributed by atoms with E-state index in [-0.39, 0.29) is 5.91 Å². The van der Waals surface area contributed by atoms with Crippen molar-refractivity contribution in [2.24, 2.45) is 0 Å². The zero-order chi connectivity index (χ0) is 13.2. The number of aryl methyl sites for hydroxylation is 1. The van der Waals surface area contributed by atoms with E-state index in [0.29, 0.717) is 13.0 Å². The van der Waals surface area contributed by atoms with Gasteiger partial charge >= 0.3 is 0 Å². The highest BCUT2D eigenvalue weighted by Crippen LogP contribution is 2.16. The molecule has 0 fully saturated rings. The van der Waals surface area contributed by atoms with Crippen LogP contribution in [-0.2, 0) is 17.8 Å². The Bertz CT molecular complexity index is 697. The van der Waals surface area contributed by atoms with Gasteiger partial charge in [0, 0.05) is 23.5 Å². The minimum absolute atomic E-state index is 0.0133. The molecule has 0 saturated carbocycles. The maximum absolute atomic E-state index is 11.9. The molecule has 1 amide bonds. The maximum Gasteiger partial charge on any atom is 0.226 e. The van der Waals surface area contributed by atoms with Gasteiger partial charge in [0.1, 0.15) is 0 Å². The van der Waals surface area contributed by atoms with Gasteiger partial charge in [0.15, 0.2) is 4.96 Å². The summed E-state index contributed by atoms with van der Waals surface area (Å²) in [5.74, 6) is -0.0133. The average molecular weight is 275 g/mol. The van der Waals surface area contributed by atoms with E-state index in [0.717, 1.165) is 22.0 Å². The second kappa shape index (κ2) is 4.85. The van der Waals surface area contributed by atoms with Gasteiger partial charge in [0.05, 0.1) is 30.7 Å². The van der Waals surface area contributed by atoms with Crippen molar-refractivity contribution in [1.29, 1.82) is 0 Å². The van der Waals surface area contributed by atoms with Crippen LogP contribution >= 0.6 is 11.3 Å². The summed E-state index contributed by atoms with van der Waals surface area (Å²) >= 11 is 1.55. The lowest BCUT2D eigenvalue weighted by atomic mass is 10.3. The molecule has 6 nitrogen and oxygen atoms in total. The van der Waals surface area contributed by atoms with Crippen LogP contribution in [0.15, 0.2) is 24.1 Å². The van der Waals surface area contributed by atoms with E-state index in [1.165, 1.54) is 0 Å². The molecule has 3 aromatic heterocycles. The van der Waals surface area contributed by atoms with E-state index in [2.05, 4.69) is 20.3 Å². The van der Waals surface area contributed by atoms with E-state index in [1.54, 1.807) is 23.9 Å². The topological polar surface area (TPSA) is 75.1 Å². The van der Waals surface area contributed by atoms with Crippen molar-refractivity contribution in [3.05, 3.63) is 41.2 Å². The second-order valence-corrected chi connectivity index (χ2v) is 5.13. The molecule has 0 aliphatic carbocycles. The number of carbonyl (C=O) groups excluding carboxylic acids is 1. The predicted octanol–water partition coefficient (Wildman–Crippen LogP) is 1.29. The lowest BCUT2D eigenvalue weighted by Gasteiger charge is -2.02. The molecule has 0 bridgehead atoms. The van der Waals surface area contributed by atoms with Gasteiger partial charge < -0.3 is 10.3 Å². The van der Waals surface area contributed by atoms with Gasteiger partial charge in [-0.3, -0.25) is 9.20 Å². The molecular formula is C12H13N5OS. The highest BCUT2D eigenvalue weighted by molar-refractivity contribution is 7.15. The van der Waals surface area contributed by atoms with Crippen molar-refractivity contribution in [3.63, 3.8) is 0 Å². The third-order valence-corrected chi connectivity index (χ3v) is 3.67. The standard InChI is InChI=1S/C12H13N5OS/c1-8-5-17-10(6-19-12(17)16-8)2-11(18)14-4-9-3-13-7-15-9/h3,5-7H,2,4H2,1H3,(H,13,15)(H,14,18). The van der Waals surface area contributed by atoms with Crippen LogP contribution in [0.4, 0.5) is 0 Å². The van der Waals surface area contributed by atoms with Crippen molar-refractivity contribution in [2.75, 3.05) is 0 Å². The third kappa shape index (κ3) is 2.50. The number of hydrogen-bond donors (Lipinski definition) is 2. The van der Waals surface area contributed by atoms with Gasteiger partial charge in [-0.15, -0.1) is 11.3 Å². The molecule has 3 aromatic rings. The van der Waals surface area contributed by atoms with Crippen LogP contribution in [0.2, 0.25) is 0 Å². The zero-order valence-electron chi connectivity index (χ0n) is 10.4. The summed E-state index contributed by atoms with van der Waals surface area (Å²) in [7, 11) is 0. The highest BCUT2D eigenvalue weighted by Gasteiger charge is 2.10. The SMILES string of the molecule is Cc1cn2c(CC(=O)NCc3cnc[nH]3)csc2n1. The van der Waals surface area contributed by atoms with Crippen LogP contribution in [-0.4, -0.2) is 25.3 Å². The number of thiazole rings is 1. The molecule has 3 heterocycles. The molecule has 0 atom stereocenters. The summed E-state index contributed by atoms with van der Waals surface area (Å²) in [6.45, 7) is 2.41. The van der Waals surface area contributed by atoms with Crippen LogP contribution in [0.1, 0.15) is 17.1 Å². The van der Waals surface area contributed by atoms with Crippen molar-refractivity contribution in [2.45, 2.75) is 19.9 Å². The van der Waals surface area contributed by atoms with Gasteiger partial charge in [-0.25, -0.2) is 9.97 Å². The molecule has 7 heteroatoms. The van der Waals surface area contributed by atoms with Gasteiger partial charge in [-0.2, -0.15) is 0 Å². The van der Waals surface area contributed by atoms with E-state index < -0.39 is 0 Å². The number of fused-ring (bicyclic) bond motifs is 1. The summed E-state index contributed by atoms with van der Waals surface area (Å²) in [6, 6.07) is 0. The molecule has 0 radical (unpaired) electrons. The molecule has 0 saturated heterocycles. The number of nitrogens with zero attached hydrogens (tertiary/aromatic N) is 3. The number of hydrogen-bond acceptors (Lipinski definition) is 4. The number of amides is 1. The van der Waals surface area contributed by atoms with Crippen LogP contribution in [0.5, 0.6) is 0 Å². The second-order valence-electron chi connectivity index (χ2n) is 4.29. The smallest absolute Gasteiger partial charge is 0.226 e. The van der Waals surface area contributed by atoms with Crippen molar-refractivity contribution in [1.82, 2.24) is 24.7 Å². The first-order valence-corrected chi connectivity index (χ1v) is 6.76. The number of rotatable bonds is 4. The quantitative estimate of drug-likeness (QED) is 0.753. The summed E-state index contributed by atoms with van der Waals surface area (Å²) in [5.41, 5.74) is 2.82. The van der Waals surface area contributed by atoms with E-state index in [1.807, 2.05) is 22.9 Å². The molecule has 19 heavy (non-hydrogen) atoms. The first-order valence-electron chi connectivity index (χ1n) is 5.88. The Morgan fingerprint density at radius 2 is 2.47 bits per heavy atom. The largest absolute Gasteiger partial charge is 0.350 e. The first kappa shape index (κ1) is 11.9. The summed E-state index contributed by atoms with van der Waals surface area (Å²) in [4.78, 5) is 24.0. The molecule has 3 rings (SSSR count). The van der Waals surface area contributed by atoms with Gasteiger partial charge in [0.25, 0.3) is 0 Å². The Labute approximate surface area is 113 Å². The zero-order valence-corrected chi connectivity index (χ0v) is 11.2. The molecule has 0 aromatic carbocycles. The van der Waals surface area contributed by atoms with Gasteiger partial charge in [-0.1, -0.05) is 0 Å². The van der Waals surface area contributed by atoms with E-state index >= 15 is 0 Å². The van der Waals surface area contributed by atoms with E-state index in [4.69, 9.17) is 0 Å². The van der Waals surface area contributed by atoms with Crippen LogP contribution in [0.25, 0.3) is 4.96 Å². The average Bonchev–Trinajstić information content (AvgIpc) is 3.06. The lowest BCUT2D eigenvalue weighted by Crippen LogP contribution is -2.25. The Morgan fingerprint density at radius 1 is 1.58 bits per heavy atom. The third-order valence-electron chi connectivity index (χ3n) is 2.78. The maximum atomic E-state index is 11.9. The minimum Gasteiger partial charge on any atom is -0.350 e. The molecular weight excluding hydrogens is 262 g/mol. The van der Waals surface area contributed by atoms with Crippen molar-refractivity contribution >= 4 is 22.2 Å². The van der Waals surface area contributed by atoms with Crippen LogP contribution in [0.3, 0.4) is 0 Å².